The molecule has 7 heteroatoms. The van der Waals surface area contributed by atoms with Gasteiger partial charge in [0.25, 0.3) is 0 Å². The minimum absolute atomic E-state index is 0.437. The molecule has 1 aromatic heterocycles. The van der Waals surface area contributed by atoms with Gasteiger partial charge in [-0.2, -0.15) is 0 Å². The highest BCUT2D eigenvalue weighted by Crippen LogP contribution is 2.35. The fraction of sp³-hybridized carbons (Fsp3) is 0.286. The van der Waals surface area contributed by atoms with Crippen LogP contribution < -0.4 is 10.6 Å². The van der Waals surface area contributed by atoms with Crippen LogP contribution in [0.25, 0.3) is 0 Å². The van der Waals surface area contributed by atoms with Gasteiger partial charge in [-0.15, -0.1) is 0 Å². The molecule has 0 spiro atoms. The Bertz CT molecular complexity index is 623. The van der Waals surface area contributed by atoms with E-state index in [0.29, 0.717) is 32.4 Å². The molecule has 2 N–H and O–H groups in total. The molecule has 4 nitrogen and oxygen atoms in total. The Morgan fingerprint density at radius 3 is 2.24 bits per heavy atom. The highest BCUT2D eigenvalue weighted by molar-refractivity contribution is 6.41. The number of nitrogens with one attached hydrogen (secondary N) is 2. The van der Waals surface area contributed by atoms with E-state index in [1.54, 1.807) is 12.1 Å². The fourth-order valence-electron chi connectivity index (χ4n) is 1.77. The van der Waals surface area contributed by atoms with Crippen LogP contribution >= 0.6 is 34.8 Å². The first-order valence-electron chi connectivity index (χ1n) is 6.50. The van der Waals surface area contributed by atoms with Gasteiger partial charge in [0, 0.05) is 17.6 Å². The van der Waals surface area contributed by atoms with Crippen molar-refractivity contribution in [1.82, 2.24) is 9.97 Å². The van der Waals surface area contributed by atoms with Crippen molar-refractivity contribution >= 4 is 52.1 Å². The Hall–Kier alpha value is -1.23. The number of aromatic nitrogens is 2. The maximum Gasteiger partial charge on any atom is 0.136 e. The Morgan fingerprint density at radius 1 is 1.00 bits per heavy atom. The molecule has 0 amide bonds. The molecule has 2 rings (SSSR count). The molecule has 0 radical (unpaired) electrons. The zero-order chi connectivity index (χ0) is 15.4. The van der Waals surface area contributed by atoms with Gasteiger partial charge < -0.3 is 10.6 Å². The average Bonchev–Trinajstić information content (AvgIpc) is 2.40. The second-order valence-corrected chi connectivity index (χ2v) is 5.73. The van der Waals surface area contributed by atoms with E-state index in [1.165, 1.54) is 0 Å². The molecule has 0 saturated carbocycles. The fourth-order valence-corrected chi connectivity index (χ4v) is 2.68. The largest absolute Gasteiger partial charge is 0.370 e. The van der Waals surface area contributed by atoms with Crippen LogP contribution in [0.4, 0.5) is 17.3 Å². The second kappa shape index (κ2) is 7.16. The minimum Gasteiger partial charge on any atom is -0.370 e. The Labute approximate surface area is 138 Å². The molecule has 0 fully saturated rings. The van der Waals surface area contributed by atoms with Crippen molar-refractivity contribution in [3.63, 3.8) is 0 Å². The van der Waals surface area contributed by atoms with Crippen LogP contribution in [-0.2, 0) is 0 Å². The summed E-state index contributed by atoms with van der Waals surface area (Å²) in [5, 5.41) is 7.69. The van der Waals surface area contributed by atoms with Crippen LogP contribution in [0.5, 0.6) is 0 Å². The van der Waals surface area contributed by atoms with Gasteiger partial charge in [-0.05, 0) is 25.5 Å². The molecule has 112 valence electrons. The van der Waals surface area contributed by atoms with Crippen molar-refractivity contribution in [3.05, 3.63) is 39.1 Å². The van der Waals surface area contributed by atoms with E-state index in [0.717, 1.165) is 18.8 Å². The highest BCUT2D eigenvalue weighted by atomic mass is 35.5. The summed E-state index contributed by atoms with van der Waals surface area (Å²) in [6.45, 7) is 4.76. The lowest BCUT2D eigenvalue weighted by Crippen LogP contribution is -2.05. The Balaban J connectivity index is 2.29. The first-order chi connectivity index (χ1) is 9.99. The van der Waals surface area contributed by atoms with Gasteiger partial charge in [0.15, 0.2) is 0 Å². The number of anilines is 3. The summed E-state index contributed by atoms with van der Waals surface area (Å²) in [5.74, 6) is 2.03. The third-order valence-electron chi connectivity index (χ3n) is 2.65. The first-order valence-corrected chi connectivity index (χ1v) is 7.64. The maximum absolute atomic E-state index is 6.16. The Kier molecular flexibility index (Phi) is 5.51. The summed E-state index contributed by atoms with van der Waals surface area (Å²) in [7, 11) is 0. The zero-order valence-electron chi connectivity index (χ0n) is 11.7. The molecule has 2 aromatic rings. The highest BCUT2D eigenvalue weighted by Gasteiger charge is 2.10. The summed E-state index contributed by atoms with van der Waals surface area (Å²) in [4.78, 5) is 8.65. The van der Waals surface area contributed by atoms with E-state index in [1.807, 2.05) is 13.0 Å². The molecule has 0 aliphatic carbocycles. The third kappa shape index (κ3) is 4.37. The SMILES string of the molecule is CCCNc1cc(Nc2c(Cl)cc(Cl)cc2Cl)nc(C)n1. The number of rotatable bonds is 5. The Morgan fingerprint density at radius 2 is 1.62 bits per heavy atom. The van der Waals surface area contributed by atoms with E-state index in [-0.39, 0.29) is 0 Å². The van der Waals surface area contributed by atoms with Gasteiger partial charge >= 0.3 is 0 Å². The minimum atomic E-state index is 0.437. The number of nitrogens with zero attached hydrogens (tertiary/aromatic N) is 2. The van der Waals surface area contributed by atoms with Gasteiger partial charge in [0.05, 0.1) is 15.7 Å². The number of benzene rings is 1. The van der Waals surface area contributed by atoms with Crippen LogP contribution in [0.2, 0.25) is 15.1 Å². The van der Waals surface area contributed by atoms with Crippen LogP contribution in [0.3, 0.4) is 0 Å². The number of aryl methyl sites for hydroxylation is 1. The molecule has 1 heterocycles. The summed E-state index contributed by atoms with van der Waals surface area (Å²) in [6, 6.07) is 5.06. The van der Waals surface area contributed by atoms with Crippen molar-refractivity contribution in [2.45, 2.75) is 20.3 Å². The molecule has 0 aliphatic heterocycles. The summed E-state index contributed by atoms with van der Waals surface area (Å²) >= 11 is 18.2. The molecule has 0 atom stereocenters. The molecular formula is C14H15Cl3N4. The monoisotopic (exact) mass is 344 g/mol. The van der Waals surface area contributed by atoms with Gasteiger partial charge in [-0.3, -0.25) is 0 Å². The summed E-state index contributed by atoms with van der Waals surface area (Å²) in [5.41, 5.74) is 0.572. The smallest absolute Gasteiger partial charge is 0.136 e. The first kappa shape index (κ1) is 16.1. The van der Waals surface area contributed by atoms with Crippen molar-refractivity contribution in [2.75, 3.05) is 17.2 Å². The molecule has 0 bridgehead atoms. The lowest BCUT2D eigenvalue weighted by atomic mass is 10.3. The van der Waals surface area contributed by atoms with Gasteiger partial charge in [0.1, 0.15) is 17.5 Å². The standard InChI is InChI=1S/C14H15Cl3N4/c1-3-4-18-12-7-13(20-8(2)19-12)21-14-10(16)5-9(15)6-11(14)17/h5-7H,3-4H2,1-2H3,(H2,18,19,20,21). The van der Waals surface area contributed by atoms with Crippen molar-refractivity contribution in [1.29, 1.82) is 0 Å². The number of hydrogen-bond acceptors (Lipinski definition) is 4. The molecule has 0 aliphatic rings. The quantitative estimate of drug-likeness (QED) is 0.771. The van der Waals surface area contributed by atoms with E-state index >= 15 is 0 Å². The van der Waals surface area contributed by atoms with Gasteiger partial charge in [-0.25, -0.2) is 9.97 Å². The topological polar surface area (TPSA) is 49.8 Å². The normalized spacial score (nSPS) is 10.5. The van der Waals surface area contributed by atoms with Crippen LogP contribution in [0.15, 0.2) is 18.2 Å². The number of halogens is 3. The third-order valence-corrected chi connectivity index (χ3v) is 3.47. The van der Waals surface area contributed by atoms with Crippen molar-refractivity contribution < 1.29 is 0 Å². The summed E-state index contributed by atoms with van der Waals surface area (Å²) < 4.78 is 0. The van der Waals surface area contributed by atoms with Gasteiger partial charge in [0.2, 0.25) is 0 Å². The molecule has 1 aromatic carbocycles. The zero-order valence-corrected chi connectivity index (χ0v) is 13.9. The number of hydrogen-bond donors (Lipinski definition) is 2. The van der Waals surface area contributed by atoms with Gasteiger partial charge in [-0.1, -0.05) is 41.7 Å². The van der Waals surface area contributed by atoms with Crippen molar-refractivity contribution in [3.8, 4) is 0 Å². The molecular weight excluding hydrogens is 331 g/mol. The average molecular weight is 346 g/mol. The van der Waals surface area contributed by atoms with Crippen LogP contribution in [0, 0.1) is 6.92 Å². The van der Waals surface area contributed by atoms with Crippen LogP contribution in [-0.4, -0.2) is 16.5 Å². The molecule has 21 heavy (non-hydrogen) atoms. The predicted octanol–water partition coefficient (Wildman–Crippen LogP) is 5.31. The molecule has 0 saturated heterocycles. The summed E-state index contributed by atoms with van der Waals surface area (Å²) in [6.07, 6.45) is 1.01. The second-order valence-electron chi connectivity index (χ2n) is 4.48. The lowest BCUT2D eigenvalue weighted by Gasteiger charge is -2.12. The van der Waals surface area contributed by atoms with Crippen LogP contribution in [0.1, 0.15) is 19.2 Å². The van der Waals surface area contributed by atoms with E-state index in [9.17, 15) is 0 Å². The van der Waals surface area contributed by atoms with E-state index in [4.69, 9.17) is 34.8 Å². The van der Waals surface area contributed by atoms with E-state index < -0.39 is 0 Å². The maximum atomic E-state index is 6.16. The van der Waals surface area contributed by atoms with E-state index in [2.05, 4.69) is 27.5 Å². The lowest BCUT2D eigenvalue weighted by molar-refractivity contribution is 0.955. The van der Waals surface area contributed by atoms with Crippen molar-refractivity contribution in [2.24, 2.45) is 0 Å². The molecule has 0 unspecified atom stereocenters. The predicted molar refractivity (Wildman–Crippen MR) is 90.3 cm³/mol.